The van der Waals surface area contributed by atoms with Gasteiger partial charge in [-0.25, -0.2) is 0 Å². The summed E-state index contributed by atoms with van der Waals surface area (Å²) in [6.45, 7) is 0.496. The predicted octanol–water partition coefficient (Wildman–Crippen LogP) is 2.11. The van der Waals surface area contributed by atoms with Gasteiger partial charge >= 0.3 is 0 Å². The van der Waals surface area contributed by atoms with Crippen LogP contribution in [0.2, 0.25) is 0 Å². The van der Waals surface area contributed by atoms with E-state index in [1.807, 2.05) is 0 Å². The van der Waals surface area contributed by atoms with Crippen molar-refractivity contribution in [2.45, 2.75) is 0 Å². The van der Waals surface area contributed by atoms with Crippen LogP contribution in [0.5, 0.6) is 11.5 Å². The molecule has 0 bridgehead atoms. The molecule has 0 saturated heterocycles. The Balaban J connectivity index is 1.91. The molecule has 2 aromatic carbocycles. The fraction of sp³-hybridized carbons (Fsp3) is 0.125. The molecule has 0 spiro atoms. The molecule has 0 unspecified atom stereocenters. The highest BCUT2D eigenvalue weighted by Crippen LogP contribution is 2.18. The van der Waals surface area contributed by atoms with E-state index < -0.39 is 5.91 Å². The summed E-state index contributed by atoms with van der Waals surface area (Å²) in [6.07, 6.45) is 0. The summed E-state index contributed by atoms with van der Waals surface area (Å²) < 4.78 is 11.0. The molecule has 2 N–H and O–H groups in total. The van der Waals surface area contributed by atoms with Crippen molar-refractivity contribution < 1.29 is 14.3 Å². The number of nitriles is 1. The Morgan fingerprint density at radius 3 is 2.24 bits per heavy atom. The lowest BCUT2D eigenvalue weighted by Gasteiger charge is -2.11. The third-order valence-electron chi connectivity index (χ3n) is 2.76. The summed E-state index contributed by atoms with van der Waals surface area (Å²) in [7, 11) is 0. The van der Waals surface area contributed by atoms with Crippen LogP contribution in [0.4, 0.5) is 0 Å². The van der Waals surface area contributed by atoms with E-state index in [1.54, 1.807) is 48.5 Å². The Bertz CT molecular complexity index is 677. The second-order valence-corrected chi connectivity index (χ2v) is 4.17. The van der Waals surface area contributed by atoms with Gasteiger partial charge in [-0.3, -0.25) is 4.79 Å². The minimum Gasteiger partial charge on any atom is -0.489 e. The van der Waals surface area contributed by atoms with Crippen molar-refractivity contribution in [2.24, 2.45) is 5.73 Å². The number of nitrogens with two attached hydrogens (primary N) is 1. The molecule has 0 saturated carbocycles. The Morgan fingerprint density at radius 2 is 1.57 bits per heavy atom. The van der Waals surface area contributed by atoms with Gasteiger partial charge in [-0.1, -0.05) is 24.3 Å². The van der Waals surface area contributed by atoms with E-state index in [1.165, 1.54) is 0 Å². The summed E-state index contributed by atoms with van der Waals surface area (Å²) in [4.78, 5) is 11.2. The van der Waals surface area contributed by atoms with Gasteiger partial charge in [0.25, 0.3) is 5.91 Å². The molecule has 2 rings (SSSR count). The van der Waals surface area contributed by atoms with Crippen LogP contribution < -0.4 is 15.2 Å². The number of para-hydroxylation sites is 2. The molecule has 2 aromatic rings. The van der Waals surface area contributed by atoms with Crippen LogP contribution in [0.1, 0.15) is 15.9 Å². The van der Waals surface area contributed by atoms with E-state index in [0.717, 1.165) is 0 Å². The first-order valence-electron chi connectivity index (χ1n) is 6.36. The third kappa shape index (κ3) is 3.74. The highest BCUT2D eigenvalue weighted by Gasteiger charge is 2.08. The average molecular weight is 282 g/mol. The van der Waals surface area contributed by atoms with Crippen LogP contribution in [-0.4, -0.2) is 19.1 Å². The number of benzene rings is 2. The maximum atomic E-state index is 11.2. The van der Waals surface area contributed by atoms with Crippen molar-refractivity contribution in [3.63, 3.8) is 0 Å². The lowest BCUT2D eigenvalue weighted by atomic mass is 10.2. The molecule has 106 valence electrons. The van der Waals surface area contributed by atoms with E-state index >= 15 is 0 Å². The monoisotopic (exact) mass is 282 g/mol. The standard InChI is InChI=1S/C16H14N2O3/c17-11-12-5-1-3-7-14(12)20-9-10-21-15-8-4-2-6-13(15)16(18)19/h1-8H,9-10H2,(H2,18,19). The smallest absolute Gasteiger partial charge is 0.252 e. The summed E-state index contributed by atoms with van der Waals surface area (Å²) in [5.41, 5.74) is 6.06. The van der Waals surface area contributed by atoms with Gasteiger partial charge in [0.2, 0.25) is 0 Å². The van der Waals surface area contributed by atoms with Crippen molar-refractivity contribution in [1.82, 2.24) is 0 Å². The van der Waals surface area contributed by atoms with Gasteiger partial charge in [0.15, 0.2) is 0 Å². The number of ether oxygens (including phenoxy) is 2. The first-order valence-corrected chi connectivity index (χ1v) is 6.36. The number of hydrogen-bond donors (Lipinski definition) is 1. The molecule has 0 aliphatic rings. The van der Waals surface area contributed by atoms with Gasteiger partial charge in [-0.15, -0.1) is 0 Å². The first kappa shape index (κ1) is 14.4. The number of nitrogens with zero attached hydrogens (tertiary/aromatic N) is 1. The van der Waals surface area contributed by atoms with Gasteiger partial charge in [0, 0.05) is 0 Å². The Morgan fingerprint density at radius 1 is 1.00 bits per heavy atom. The average Bonchev–Trinajstić information content (AvgIpc) is 2.52. The van der Waals surface area contributed by atoms with Gasteiger partial charge in [0.1, 0.15) is 30.8 Å². The largest absolute Gasteiger partial charge is 0.489 e. The van der Waals surface area contributed by atoms with Gasteiger partial charge < -0.3 is 15.2 Å². The van der Waals surface area contributed by atoms with Crippen molar-refractivity contribution in [1.29, 1.82) is 5.26 Å². The number of carbonyl (C=O) groups is 1. The molecule has 5 heteroatoms. The lowest BCUT2D eigenvalue weighted by Crippen LogP contribution is -2.15. The molecule has 0 heterocycles. The normalized spacial score (nSPS) is 9.67. The number of primary amides is 1. The summed E-state index contributed by atoms with van der Waals surface area (Å²) in [5, 5.41) is 8.94. The number of amides is 1. The van der Waals surface area contributed by atoms with Crippen LogP contribution in [0.3, 0.4) is 0 Å². The number of rotatable bonds is 6. The van der Waals surface area contributed by atoms with Crippen LogP contribution in [0, 0.1) is 11.3 Å². The van der Waals surface area contributed by atoms with Gasteiger partial charge in [0.05, 0.1) is 11.1 Å². The molecule has 5 nitrogen and oxygen atoms in total. The third-order valence-corrected chi connectivity index (χ3v) is 2.76. The van der Waals surface area contributed by atoms with Crippen LogP contribution in [0.15, 0.2) is 48.5 Å². The molecule has 0 fully saturated rings. The van der Waals surface area contributed by atoms with E-state index in [4.69, 9.17) is 20.5 Å². The molecule has 0 aliphatic heterocycles. The van der Waals surface area contributed by atoms with E-state index in [9.17, 15) is 4.79 Å². The Labute approximate surface area is 122 Å². The maximum absolute atomic E-state index is 11.2. The topological polar surface area (TPSA) is 85.3 Å². The molecule has 1 amide bonds. The second-order valence-electron chi connectivity index (χ2n) is 4.17. The molecule has 0 aliphatic carbocycles. The number of carbonyl (C=O) groups excluding carboxylic acids is 1. The van der Waals surface area contributed by atoms with Gasteiger partial charge in [-0.2, -0.15) is 5.26 Å². The van der Waals surface area contributed by atoms with Crippen molar-refractivity contribution in [3.05, 3.63) is 59.7 Å². The second kappa shape index (κ2) is 6.96. The lowest BCUT2D eigenvalue weighted by molar-refractivity contribution is 0.0995. The first-order chi connectivity index (χ1) is 10.2. The Kier molecular flexibility index (Phi) is 4.78. The van der Waals surface area contributed by atoms with Gasteiger partial charge in [-0.05, 0) is 24.3 Å². The van der Waals surface area contributed by atoms with E-state index in [-0.39, 0.29) is 13.2 Å². The summed E-state index contributed by atoms with van der Waals surface area (Å²) in [5.74, 6) is 0.385. The zero-order valence-electron chi connectivity index (χ0n) is 11.3. The van der Waals surface area contributed by atoms with Crippen LogP contribution in [-0.2, 0) is 0 Å². The van der Waals surface area contributed by atoms with Crippen molar-refractivity contribution in [3.8, 4) is 17.6 Å². The molecule has 0 radical (unpaired) electrons. The number of hydrogen-bond acceptors (Lipinski definition) is 4. The molecule has 0 atom stereocenters. The van der Waals surface area contributed by atoms with Crippen LogP contribution >= 0.6 is 0 Å². The highest BCUT2D eigenvalue weighted by molar-refractivity contribution is 5.95. The minimum absolute atomic E-state index is 0.240. The SMILES string of the molecule is N#Cc1ccccc1OCCOc1ccccc1C(N)=O. The fourth-order valence-corrected chi connectivity index (χ4v) is 1.78. The van der Waals surface area contributed by atoms with Crippen LogP contribution in [0.25, 0.3) is 0 Å². The zero-order valence-corrected chi connectivity index (χ0v) is 11.3. The molecule has 21 heavy (non-hydrogen) atoms. The fourth-order valence-electron chi connectivity index (χ4n) is 1.78. The molecular weight excluding hydrogens is 268 g/mol. The summed E-state index contributed by atoms with van der Waals surface area (Å²) >= 11 is 0. The zero-order chi connectivity index (χ0) is 15.1. The maximum Gasteiger partial charge on any atom is 0.252 e. The van der Waals surface area contributed by atoms with Crippen molar-refractivity contribution in [2.75, 3.05) is 13.2 Å². The van der Waals surface area contributed by atoms with Crippen molar-refractivity contribution >= 4 is 5.91 Å². The quantitative estimate of drug-likeness (QED) is 0.822. The van der Waals surface area contributed by atoms with E-state index in [2.05, 4.69) is 6.07 Å². The Hall–Kier alpha value is -3.00. The minimum atomic E-state index is -0.540. The highest BCUT2D eigenvalue weighted by atomic mass is 16.5. The van der Waals surface area contributed by atoms with E-state index in [0.29, 0.717) is 22.6 Å². The molecule has 0 aromatic heterocycles. The predicted molar refractivity (Wildman–Crippen MR) is 77.1 cm³/mol. The summed E-state index contributed by atoms with van der Waals surface area (Å²) in [6, 6.07) is 15.8. The molecular formula is C16H14N2O3.